The predicted molar refractivity (Wildman–Crippen MR) is 191 cm³/mol. The van der Waals surface area contributed by atoms with Crippen molar-refractivity contribution in [1.29, 1.82) is 0 Å². The second-order valence-corrected chi connectivity index (χ2v) is 20.4. The minimum Gasteiger partial charge on any atom is -0.390 e. The SMILES string of the molecule is CCO[C@@H](C1C[C@@H](C)[C@H]2C(O1)[C@H](O)[C@@]1(C)C3CC[C@H]4C(C)(C)[C@@H](O[C@H]5CN(CCC6CCC6)CCO5)CC[C@@]45CC35CC[C@]21C)C(C)(C)O. The Morgan fingerprint density at radius 2 is 1.71 bits per heavy atom. The number of hydrogen-bond donors (Lipinski definition) is 2. The van der Waals surface area contributed by atoms with Crippen molar-refractivity contribution >= 4 is 0 Å². The summed E-state index contributed by atoms with van der Waals surface area (Å²) in [6.07, 6.45) is 13.9. The maximum atomic E-state index is 12.6. The summed E-state index contributed by atoms with van der Waals surface area (Å²) in [5.41, 5.74) is -0.371. The molecule has 0 aromatic heterocycles. The van der Waals surface area contributed by atoms with E-state index in [4.69, 9.17) is 18.9 Å². The first-order valence-corrected chi connectivity index (χ1v) is 20.8. The molecule has 0 aromatic rings. The molecule has 4 unspecified atom stereocenters. The highest BCUT2D eigenvalue weighted by Crippen LogP contribution is 2.89. The highest BCUT2D eigenvalue weighted by Gasteiger charge is 2.84. The quantitative estimate of drug-likeness (QED) is 0.266. The van der Waals surface area contributed by atoms with Gasteiger partial charge < -0.3 is 29.2 Å². The Morgan fingerprint density at radius 1 is 0.980 bits per heavy atom. The van der Waals surface area contributed by atoms with Gasteiger partial charge in [-0.15, -0.1) is 0 Å². The Balaban J connectivity index is 0.992. The van der Waals surface area contributed by atoms with Crippen LogP contribution in [0.25, 0.3) is 0 Å². The van der Waals surface area contributed by atoms with E-state index < -0.39 is 17.8 Å². The summed E-state index contributed by atoms with van der Waals surface area (Å²) in [5.74, 6) is 2.84. The van der Waals surface area contributed by atoms with E-state index >= 15 is 0 Å². The van der Waals surface area contributed by atoms with Gasteiger partial charge in [0.15, 0.2) is 6.29 Å². The van der Waals surface area contributed by atoms with Gasteiger partial charge in [-0.25, -0.2) is 0 Å². The van der Waals surface area contributed by atoms with E-state index in [-0.39, 0.29) is 40.8 Å². The number of aliphatic hydroxyl groups is 2. The summed E-state index contributed by atoms with van der Waals surface area (Å²) in [4.78, 5) is 2.60. The summed E-state index contributed by atoms with van der Waals surface area (Å²) < 4.78 is 26.4. The van der Waals surface area contributed by atoms with Gasteiger partial charge in [0.05, 0.1) is 36.6 Å². The Labute approximate surface area is 297 Å². The number of ether oxygens (including phenoxy) is 4. The van der Waals surface area contributed by atoms with Crippen LogP contribution in [0.2, 0.25) is 0 Å². The van der Waals surface area contributed by atoms with Crippen molar-refractivity contribution in [1.82, 2.24) is 4.90 Å². The van der Waals surface area contributed by atoms with Gasteiger partial charge in [0, 0.05) is 25.1 Å². The third kappa shape index (κ3) is 5.11. The molecular weight excluding hydrogens is 614 g/mol. The summed E-state index contributed by atoms with van der Waals surface area (Å²) >= 11 is 0. The Morgan fingerprint density at radius 3 is 2.41 bits per heavy atom. The van der Waals surface area contributed by atoms with E-state index in [0.29, 0.717) is 41.1 Å². The van der Waals surface area contributed by atoms with Crippen LogP contribution >= 0.6 is 0 Å². The number of morpholine rings is 1. The predicted octanol–water partition coefficient (Wildman–Crippen LogP) is 7.21. The lowest BCUT2D eigenvalue weighted by atomic mass is 9.41. The Kier molecular flexibility index (Phi) is 8.84. The zero-order valence-corrected chi connectivity index (χ0v) is 32.3. The molecule has 7 nitrogen and oxygen atoms in total. The van der Waals surface area contributed by atoms with Crippen LogP contribution in [0.15, 0.2) is 0 Å². The Bertz CT molecular complexity index is 1230. The molecule has 2 saturated heterocycles. The van der Waals surface area contributed by atoms with E-state index in [1.807, 2.05) is 20.8 Å². The monoisotopic (exact) mass is 686 g/mol. The lowest BCUT2D eigenvalue weighted by Crippen LogP contribution is -2.60. The average molecular weight is 686 g/mol. The number of aliphatic hydroxyl groups excluding tert-OH is 1. The molecule has 6 saturated carbocycles. The van der Waals surface area contributed by atoms with Gasteiger partial charge in [-0.3, -0.25) is 4.90 Å². The van der Waals surface area contributed by atoms with Crippen molar-refractivity contribution in [2.75, 3.05) is 32.8 Å². The van der Waals surface area contributed by atoms with Gasteiger partial charge >= 0.3 is 0 Å². The second kappa shape index (κ2) is 12.1. The van der Waals surface area contributed by atoms with Crippen LogP contribution in [0.5, 0.6) is 0 Å². The first-order chi connectivity index (χ1) is 23.1. The average Bonchev–Trinajstić information content (AvgIpc) is 3.65. The smallest absolute Gasteiger partial charge is 0.170 e. The summed E-state index contributed by atoms with van der Waals surface area (Å²) in [6.45, 7) is 22.6. The molecule has 0 aromatic carbocycles. The lowest BCUT2D eigenvalue weighted by molar-refractivity contribution is -0.249. The molecule has 14 atom stereocenters. The van der Waals surface area contributed by atoms with Crippen LogP contribution in [-0.4, -0.2) is 90.4 Å². The minimum absolute atomic E-state index is 0.0303. The highest BCUT2D eigenvalue weighted by atomic mass is 16.7. The van der Waals surface area contributed by atoms with Crippen LogP contribution < -0.4 is 0 Å². The van der Waals surface area contributed by atoms with Gasteiger partial charge in [-0.2, -0.15) is 0 Å². The van der Waals surface area contributed by atoms with Crippen molar-refractivity contribution in [2.45, 2.75) is 175 Å². The fourth-order valence-corrected chi connectivity index (χ4v) is 15.0. The number of nitrogens with zero attached hydrogens (tertiary/aromatic N) is 1. The summed E-state index contributed by atoms with van der Waals surface area (Å²) in [6, 6.07) is 0. The second-order valence-electron chi connectivity index (χ2n) is 20.4. The normalized spacial score (nSPS) is 51.4. The largest absolute Gasteiger partial charge is 0.390 e. The third-order valence-corrected chi connectivity index (χ3v) is 17.7. The molecule has 2 heterocycles. The molecular formula is C42H71NO6. The molecule has 0 amide bonds. The zero-order valence-electron chi connectivity index (χ0n) is 32.3. The van der Waals surface area contributed by atoms with E-state index in [0.717, 1.165) is 38.5 Å². The van der Waals surface area contributed by atoms with Gasteiger partial charge in [-0.1, -0.05) is 53.9 Å². The van der Waals surface area contributed by atoms with Crippen LogP contribution in [0.3, 0.4) is 0 Å². The van der Waals surface area contributed by atoms with Crippen molar-refractivity contribution in [3.8, 4) is 0 Å². The molecule has 2 N–H and O–H groups in total. The number of hydrogen-bond acceptors (Lipinski definition) is 7. The minimum atomic E-state index is -1.01. The lowest BCUT2D eigenvalue weighted by Gasteiger charge is -2.64. The third-order valence-electron chi connectivity index (χ3n) is 17.7. The maximum Gasteiger partial charge on any atom is 0.170 e. The molecule has 280 valence electrons. The van der Waals surface area contributed by atoms with E-state index in [1.54, 1.807) is 0 Å². The summed E-state index contributed by atoms with van der Waals surface area (Å²) in [7, 11) is 0. The fraction of sp³-hybridized carbons (Fsp3) is 1.00. The van der Waals surface area contributed by atoms with Crippen molar-refractivity contribution in [3.05, 3.63) is 0 Å². The molecule has 8 rings (SSSR count). The van der Waals surface area contributed by atoms with Gasteiger partial charge in [0.2, 0.25) is 0 Å². The van der Waals surface area contributed by atoms with Crippen LogP contribution in [0.4, 0.5) is 0 Å². The summed E-state index contributed by atoms with van der Waals surface area (Å²) in [5, 5.41) is 23.7. The zero-order chi connectivity index (χ0) is 34.8. The van der Waals surface area contributed by atoms with Crippen molar-refractivity contribution in [2.24, 2.45) is 56.7 Å². The molecule has 49 heavy (non-hydrogen) atoms. The van der Waals surface area contributed by atoms with Crippen molar-refractivity contribution < 1.29 is 29.2 Å². The molecule has 8 aliphatic rings. The number of rotatable bonds is 9. The molecule has 0 bridgehead atoms. The van der Waals surface area contributed by atoms with Crippen LogP contribution in [-0.2, 0) is 18.9 Å². The standard InChI is InChI=1S/C42H71NO6/c1-9-46-36(38(5,6)45)28-23-26(2)33-34(48-28)35(44)40(8)30-14-13-29-37(3,4)31(15-17-41(29)25-42(30,41)19-18-39(33,40)7)49-32-24-43(21-22-47-32)20-16-27-11-10-12-27/h26-36,44-45H,9-25H2,1-8H3/t26-,28?,29+,30?,31+,32+,33+,34?,35+,36+,39-,40-,41-,42?/m1/s1. The van der Waals surface area contributed by atoms with E-state index in [9.17, 15) is 10.2 Å². The van der Waals surface area contributed by atoms with Crippen molar-refractivity contribution in [3.63, 3.8) is 0 Å². The van der Waals surface area contributed by atoms with E-state index in [2.05, 4.69) is 39.5 Å². The fourth-order valence-electron chi connectivity index (χ4n) is 15.0. The Hall–Kier alpha value is -0.280. The first kappa shape index (κ1) is 35.7. The van der Waals surface area contributed by atoms with Crippen LogP contribution in [0.1, 0.15) is 132 Å². The molecule has 8 fully saturated rings. The molecule has 2 spiro atoms. The number of fused-ring (bicyclic) bond motifs is 4. The highest BCUT2D eigenvalue weighted by molar-refractivity contribution is 5.33. The van der Waals surface area contributed by atoms with Gasteiger partial charge in [0.25, 0.3) is 0 Å². The maximum absolute atomic E-state index is 12.6. The first-order valence-electron chi connectivity index (χ1n) is 20.8. The topological polar surface area (TPSA) is 80.6 Å². The van der Waals surface area contributed by atoms with Gasteiger partial charge in [0.1, 0.15) is 6.10 Å². The molecule has 6 aliphatic carbocycles. The van der Waals surface area contributed by atoms with E-state index in [1.165, 1.54) is 70.8 Å². The molecule has 0 radical (unpaired) electrons. The van der Waals surface area contributed by atoms with Crippen LogP contribution in [0, 0.1) is 56.7 Å². The van der Waals surface area contributed by atoms with Gasteiger partial charge in [-0.05, 0) is 136 Å². The molecule has 7 heteroatoms. The molecule has 2 aliphatic heterocycles.